The van der Waals surface area contributed by atoms with E-state index in [2.05, 4.69) is 5.32 Å². The molecule has 0 spiro atoms. The fourth-order valence-electron chi connectivity index (χ4n) is 5.46. The molecule has 3 N–H and O–H groups in total. The van der Waals surface area contributed by atoms with Crippen molar-refractivity contribution in [1.29, 1.82) is 0 Å². The third-order valence-corrected chi connectivity index (χ3v) is 8.25. The first-order valence-corrected chi connectivity index (χ1v) is 13.0. The van der Waals surface area contributed by atoms with E-state index in [-0.39, 0.29) is 34.1 Å². The van der Waals surface area contributed by atoms with E-state index in [1.807, 2.05) is 10.2 Å². The van der Waals surface area contributed by atoms with Gasteiger partial charge in [-0.2, -0.15) is 0 Å². The molecular weight excluding hydrogens is 531 g/mol. The molecule has 2 aromatic rings. The van der Waals surface area contributed by atoms with Crippen LogP contribution in [0.1, 0.15) is 27.0 Å². The molecular formula is C25H20B7FN4O5. The Morgan fingerprint density at radius 2 is 1.62 bits per heavy atom. The van der Waals surface area contributed by atoms with E-state index >= 15 is 4.39 Å². The zero-order valence-corrected chi connectivity index (χ0v) is 22.6. The van der Waals surface area contributed by atoms with Crippen LogP contribution in [0.2, 0.25) is 10.4 Å². The highest BCUT2D eigenvalue weighted by Gasteiger charge is 2.66. The van der Waals surface area contributed by atoms with Gasteiger partial charge in [-0.15, -0.1) is 0 Å². The average molecular weight is 551 g/mol. The molecule has 3 amide bonds. The number of ether oxygens (including phenoxy) is 1. The lowest BCUT2D eigenvalue weighted by molar-refractivity contribution is -0.172. The lowest BCUT2D eigenvalue weighted by atomic mass is 9.25. The zero-order chi connectivity index (χ0) is 30.8. The third kappa shape index (κ3) is 4.47. The van der Waals surface area contributed by atoms with Crippen molar-refractivity contribution in [2.75, 3.05) is 31.6 Å². The lowest BCUT2D eigenvalue weighted by Gasteiger charge is -2.57. The van der Waals surface area contributed by atoms with Crippen molar-refractivity contribution in [2.24, 2.45) is 0 Å². The van der Waals surface area contributed by atoms with Crippen LogP contribution in [-0.4, -0.2) is 120 Å². The molecule has 42 heavy (non-hydrogen) atoms. The summed E-state index contributed by atoms with van der Waals surface area (Å²) >= 11 is 0. The SMILES string of the molecule is [B]c1c([B])c(CNc2cccc3c2CN(C2(O)C(=O)NC(=O)C([B])([B])C2([B])[B])C3=O)c(F)c([B])c1CN1CCOCC1. The number of piperidine rings is 1. The zero-order valence-electron chi connectivity index (χ0n) is 22.6. The second kappa shape index (κ2) is 10.7. The minimum Gasteiger partial charge on any atom is -0.381 e. The van der Waals surface area contributed by atoms with Crippen LogP contribution in [0.4, 0.5) is 10.1 Å². The maximum Gasteiger partial charge on any atom is 0.278 e. The molecule has 1 unspecified atom stereocenters. The predicted molar refractivity (Wildman–Crippen MR) is 159 cm³/mol. The first-order valence-electron chi connectivity index (χ1n) is 13.0. The molecule has 17 heteroatoms. The number of nitrogens with zero attached hydrogens (tertiary/aromatic N) is 2. The molecule has 3 aliphatic rings. The maximum atomic E-state index is 15.5. The molecule has 14 radical (unpaired) electrons. The van der Waals surface area contributed by atoms with Gasteiger partial charge in [0.15, 0.2) is 0 Å². The molecule has 5 rings (SSSR count). The molecule has 0 aliphatic carbocycles. The molecule has 0 bridgehead atoms. The van der Waals surface area contributed by atoms with Crippen LogP contribution in [0.3, 0.4) is 0 Å². The van der Waals surface area contributed by atoms with Crippen LogP contribution < -0.4 is 27.0 Å². The van der Waals surface area contributed by atoms with Gasteiger partial charge in [0.05, 0.1) is 51.1 Å². The number of hydrogen-bond acceptors (Lipinski definition) is 7. The summed E-state index contributed by atoms with van der Waals surface area (Å²) in [6, 6.07) is 4.56. The van der Waals surface area contributed by atoms with Crippen molar-refractivity contribution in [3.63, 3.8) is 0 Å². The van der Waals surface area contributed by atoms with E-state index in [4.69, 9.17) is 59.7 Å². The molecule has 3 heterocycles. The molecule has 0 aromatic heterocycles. The summed E-state index contributed by atoms with van der Waals surface area (Å²) in [6.45, 7) is 2.08. The van der Waals surface area contributed by atoms with E-state index in [9.17, 15) is 19.5 Å². The van der Waals surface area contributed by atoms with Crippen molar-refractivity contribution in [2.45, 2.75) is 35.8 Å². The van der Waals surface area contributed by atoms with Gasteiger partial charge < -0.3 is 15.2 Å². The number of carbonyl (C=O) groups excluding carboxylic acids is 3. The monoisotopic (exact) mass is 552 g/mol. The second-order valence-electron chi connectivity index (χ2n) is 10.7. The summed E-state index contributed by atoms with van der Waals surface area (Å²) in [4.78, 5) is 41.2. The molecule has 2 aromatic carbocycles. The van der Waals surface area contributed by atoms with E-state index in [1.165, 1.54) is 12.1 Å². The maximum absolute atomic E-state index is 15.5. The van der Waals surface area contributed by atoms with Gasteiger partial charge >= 0.3 is 0 Å². The highest BCUT2D eigenvalue weighted by Crippen LogP contribution is 2.55. The summed E-state index contributed by atoms with van der Waals surface area (Å²) in [5.74, 6) is -4.19. The minimum atomic E-state index is -3.02. The number of benzene rings is 2. The van der Waals surface area contributed by atoms with Crippen LogP contribution in [0.5, 0.6) is 0 Å². The third-order valence-electron chi connectivity index (χ3n) is 8.25. The number of nitrogens with one attached hydrogen (secondary N) is 2. The van der Waals surface area contributed by atoms with Crippen molar-refractivity contribution in [1.82, 2.24) is 15.1 Å². The molecule has 3 aliphatic heterocycles. The van der Waals surface area contributed by atoms with Gasteiger partial charge in [0.1, 0.15) is 29.4 Å². The Labute approximate surface area is 251 Å². The van der Waals surface area contributed by atoms with Crippen LogP contribution >= 0.6 is 0 Å². The first kappa shape index (κ1) is 30.6. The smallest absolute Gasteiger partial charge is 0.278 e. The summed E-state index contributed by atoms with van der Waals surface area (Å²) in [6.07, 6.45) is 0. The van der Waals surface area contributed by atoms with Crippen LogP contribution in [-0.2, 0) is 34.0 Å². The van der Waals surface area contributed by atoms with E-state index in [1.54, 1.807) is 6.07 Å². The number of halogens is 1. The van der Waals surface area contributed by atoms with Gasteiger partial charge in [-0.3, -0.25) is 29.5 Å². The molecule has 1 atom stereocenters. The van der Waals surface area contributed by atoms with Crippen LogP contribution in [0.25, 0.3) is 0 Å². The largest absolute Gasteiger partial charge is 0.381 e. The fourth-order valence-corrected chi connectivity index (χ4v) is 5.46. The van der Waals surface area contributed by atoms with Crippen molar-refractivity contribution in [3.8, 4) is 0 Å². The number of fused-ring (bicyclic) bond motifs is 1. The number of rotatable bonds is 6. The predicted octanol–water partition coefficient (Wildman–Crippen LogP) is -4.14. The Morgan fingerprint density at radius 1 is 0.976 bits per heavy atom. The molecule has 2 fully saturated rings. The Balaban J connectivity index is 1.42. The first-order chi connectivity index (χ1) is 19.6. The number of morpholine rings is 1. The molecule has 0 saturated carbocycles. The number of aliphatic hydroxyl groups is 1. The summed E-state index contributed by atoms with van der Waals surface area (Å²) in [5.41, 5.74) is -1.87. The Hall–Kier alpha value is -2.89. The Morgan fingerprint density at radius 3 is 2.29 bits per heavy atom. The van der Waals surface area contributed by atoms with Gasteiger partial charge in [-0.1, -0.05) is 22.5 Å². The quantitative estimate of drug-likeness (QED) is 0.247. The van der Waals surface area contributed by atoms with Crippen molar-refractivity contribution in [3.05, 3.63) is 46.3 Å². The minimum absolute atomic E-state index is 0.0114. The number of anilines is 1. The highest BCUT2D eigenvalue weighted by atomic mass is 19.1. The molecule has 2 saturated heterocycles. The highest BCUT2D eigenvalue weighted by molar-refractivity contribution is 6.64. The number of amides is 3. The van der Waals surface area contributed by atoms with E-state index < -0.39 is 46.2 Å². The Kier molecular flexibility index (Phi) is 7.77. The van der Waals surface area contributed by atoms with E-state index in [0.717, 1.165) is 0 Å². The van der Waals surface area contributed by atoms with Crippen molar-refractivity contribution < 1.29 is 28.6 Å². The topological polar surface area (TPSA) is 111 Å². The molecule has 9 nitrogen and oxygen atoms in total. The van der Waals surface area contributed by atoms with Gasteiger partial charge in [-0.25, -0.2) is 4.39 Å². The van der Waals surface area contributed by atoms with Gasteiger partial charge in [-0.05, 0) is 33.7 Å². The van der Waals surface area contributed by atoms with Crippen molar-refractivity contribution >= 4 is 94.7 Å². The standard InChI is InChI=1S/C25H20B7FN4O5/c26-16-12(19(33)18(28)14(17(16)27)9-36-4-6-42-7-5-36)8-34-15-3-1-2-11-13(15)10-37(20(11)38)24(41)22(40)35-21(39)23(29,30)25(24,31)32/h1-3,34,41H,4-10H2,(H,35,39,40). The summed E-state index contributed by atoms with van der Waals surface area (Å²) in [7, 11) is 42.3. The van der Waals surface area contributed by atoms with E-state index in [0.29, 0.717) is 54.6 Å². The van der Waals surface area contributed by atoms with Gasteiger partial charge in [0.25, 0.3) is 11.8 Å². The fraction of sp³-hybridized carbons (Fsp3) is 0.400. The van der Waals surface area contributed by atoms with Gasteiger partial charge in [0.2, 0.25) is 11.6 Å². The summed E-state index contributed by atoms with van der Waals surface area (Å²) < 4.78 is 20.9. The lowest BCUT2D eigenvalue weighted by Crippen LogP contribution is -2.74. The normalized spacial score (nSPS) is 23.5. The van der Waals surface area contributed by atoms with Gasteiger partial charge in [0, 0.05) is 43.0 Å². The Bertz CT molecular complexity index is 1470. The van der Waals surface area contributed by atoms with Crippen LogP contribution in [0, 0.1) is 5.82 Å². The molecule has 198 valence electrons. The average Bonchev–Trinajstić information content (AvgIpc) is 3.30. The summed E-state index contributed by atoms with van der Waals surface area (Å²) in [5, 5.41) is 10.9. The number of carbonyl (C=O) groups is 3. The van der Waals surface area contributed by atoms with Crippen LogP contribution in [0.15, 0.2) is 18.2 Å². The number of hydrogen-bond donors (Lipinski definition) is 3. The second-order valence-corrected chi connectivity index (χ2v) is 10.7. The number of imide groups is 1.